The standard InChI is InChI=1S/C16H24N2O2/c1-12-10-14(4-5-15(12)16(19)20)18-8-6-13(7-9-18)11-17(2)3/h4-5,10,13H,6-9,11H2,1-3H3,(H,19,20). The van der Waals surface area contributed by atoms with Gasteiger partial charge in [-0.25, -0.2) is 4.79 Å². The Balaban J connectivity index is 2.00. The summed E-state index contributed by atoms with van der Waals surface area (Å²) >= 11 is 0. The predicted molar refractivity (Wildman–Crippen MR) is 81.6 cm³/mol. The highest BCUT2D eigenvalue weighted by molar-refractivity contribution is 5.89. The molecule has 0 saturated carbocycles. The van der Waals surface area contributed by atoms with Crippen molar-refractivity contribution in [1.29, 1.82) is 0 Å². The van der Waals surface area contributed by atoms with Gasteiger partial charge in [-0.15, -0.1) is 0 Å². The number of hydrogen-bond acceptors (Lipinski definition) is 3. The van der Waals surface area contributed by atoms with Crippen molar-refractivity contribution < 1.29 is 9.90 Å². The maximum Gasteiger partial charge on any atom is 0.335 e. The molecule has 1 aliphatic heterocycles. The van der Waals surface area contributed by atoms with Gasteiger partial charge in [0.05, 0.1) is 5.56 Å². The van der Waals surface area contributed by atoms with Gasteiger partial charge in [0.15, 0.2) is 0 Å². The quantitative estimate of drug-likeness (QED) is 0.917. The Morgan fingerprint density at radius 1 is 1.35 bits per heavy atom. The van der Waals surface area contributed by atoms with E-state index < -0.39 is 5.97 Å². The number of nitrogens with zero attached hydrogens (tertiary/aromatic N) is 2. The average molecular weight is 276 g/mol. The number of carbonyl (C=O) groups is 1. The molecule has 0 atom stereocenters. The van der Waals surface area contributed by atoms with Crippen LogP contribution in [0.2, 0.25) is 0 Å². The van der Waals surface area contributed by atoms with E-state index in [0.717, 1.165) is 36.8 Å². The van der Waals surface area contributed by atoms with Crippen molar-refractivity contribution in [2.45, 2.75) is 19.8 Å². The fourth-order valence-corrected chi connectivity index (χ4v) is 2.97. The first kappa shape index (κ1) is 14.9. The Bertz CT molecular complexity index is 477. The van der Waals surface area contributed by atoms with Crippen LogP contribution in [0.5, 0.6) is 0 Å². The molecule has 0 spiro atoms. The van der Waals surface area contributed by atoms with Gasteiger partial charge in [-0.1, -0.05) is 0 Å². The molecule has 0 aromatic heterocycles. The third-order valence-electron chi connectivity index (χ3n) is 4.04. The molecule has 0 amide bonds. The van der Waals surface area contributed by atoms with Crippen molar-refractivity contribution in [2.75, 3.05) is 38.6 Å². The molecule has 1 N–H and O–H groups in total. The van der Waals surface area contributed by atoms with E-state index in [1.54, 1.807) is 6.07 Å². The number of benzene rings is 1. The van der Waals surface area contributed by atoms with Gasteiger partial charge in [0.25, 0.3) is 0 Å². The number of anilines is 1. The molecular weight excluding hydrogens is 252 g/mol. The number of carboxylic acids is 1. The van der Waals surface area contributed by atoms with Gasteiger partial charge in [-0.2, -0.15) is 0 Å². The highest BCUT2D eigenvalue weighted by atomic mass is 16.4. The molecule has 4 heteroatoms. The van der Waals surface area contributed by atoms with Crippen molar-refractivity contribution in [3.63, 3.8) is 0 Å². The highest BCUT2D eigenvalue weighted by Crippen LogP contribution is 2.25. The lowest BCUT2D eigenvalue weighted by Gasteiger charge is -2.35. The lowest BCUT2D eigenvalue weighted by molar-refractivity contribution is 0.0696. The molecule has 110 valence electrons. The van der Waals surface area contributed by atoms with E-state index in [0.29, 0.717) is 5.56 Å². The van der Waals surface area contributed by atoms with E-state index >= 15 is 0 Å². The Kier molecular flexibility index (Phi) is 4.65. The second-order valence-corrected chi connectivity index (χ2v) is 6.00. The first-order chi connectivity index (χ1) is 9.47. The highest BCUT2D eigenvalue weighted by Gasteiger charge is 2.20. The smallest absolute Gasteiger partial charge is 0.335 e. The minimum atomic E-state index is -0.848. The molecule has 2 rings (SSSR count). The van der Waals surface area contributed by atoms with Gasteiger partial charge in [0.2, 0.25) is 0 Å². The first-order valence-electron chi connectivity index (χ1n) is 7.21. The second-order valence-electron chi connectivity index (χ2n) is 6.00. The molecular formula is C16H24N2O2. The summed E-state index contributed by atoms with van der Waals surface area (Å²) in [6.07, 6.45) is 2.41. The van der Waals surface area contributed by atoms with Crippen molar-refractivity contribution in [1.82, 2.24) is 4.90 Å². The minimum Gasteiger partial charge on any atom is -0.478 e. The lowest BCUT2D eigenvalue weighted by Crippen LogP contribution is -2.37. The van der Waals surface area contributed by atoms with E-state index in [2.05, 4.69) is 23.9 Å². The molecule has 0 radical (unpaired) electrons. The summed E-state index contributed by atoms with van der Waals surface area (Å²) in [4.78, 5) is 15.7. The van der Waals surface area contributed by atoms with Crippen LogP contribution in [-0.2, 0) is 0 Å². The molecule has 0 aliphatic carbocycles. The Hall–Kier alpha value is -1.55. The number of piperidine rings is 1. The SMILES string of the molecule is Cc1cc(N2CCC(CN(C)C)CC2)ccc1C(=O)O. The minimum absolute atomic E-state index is 0.399. The van der Waals surface area contributed by atoms with Crippen LogP contribution < -0.4 is 4.90 Å². The summed E-state index contributed by atoms with van der Waals surface area (Å²) in [5.41, 5.74) is 2.39. The van der Waals surface area contributed by atoms with Crippen LogP contribution >= 0.6 is 0 Å². The molecule has 1 aromatic carbocycles. The molecule has 1 fully saturated rings. The van der Waals surface area contributed by atoms with E-state index in [4.69, 9.17) is 5.11 Å². The van der Waals surface area contributed by atoms with Gasteiger partial charge in [-0.05, 0) is 63.5 Å². The first-order valence-corrected chi connectivity index (χ1v) is 7.21. The molecule has 4 nitrogen and oxygen atoms in total. The monoisotopic (exact) mass is 276 g/mol. The topological polar surface area (TPSA) is 43.8 Å². The average Bonchev–Trinajstić information content (AvgIpc) is 2.38. The molecule has 0 unspecified atom stereocenters. The zero-order valence-corrected chi connectivity index (χ0v) is 12.6. The number of rotatable bonds is 4. The van der Waals surface area contributed by atoms with Crippen LogP contribution in [0.15, 0.2) is 18.2 Å². The Morgan fingerprint density at radius 2 is 2.00 bits per heavy atom. The normalized spacial score (nSPS) is 16.7. The summed E-state index contributed by atoms with van der Waals surface area (Å²) in [7, 11) is 4.25. The van der Waals surface area contributed by atoms with Gasteiger partial charge >= 0.3 is 5.97 Å². The predicted octanol–water partition coefficient (Wildman–Crippen LogP) is 2.47. The maximum atomic E-state index is 11.0. The van der Waals surface area contributed by atoms with Gasteiger partial charge < -0.3 is 14.9 Å². The van der Waals surface area contributed by atoms with Crippen molar-refractivity contribution in [3.05, 3.63) is 29.3 Å². The van der Waals surface area contributed by atoms with E-state index in [-0.39, 0.29) is 0 Å². The lowest BCUT2D eigenvalue weighted by atomic mass is 9.95. The fraction of sp³-hybridized carbons (Fsp3) is 0.562. The van der Waals surface area contributed by atoms with E-state index in [1.165, 1.54) is 12.8 Å². The number of carboxylic acid groups (broad SMARTS) is 1. The summed E-state index contributed by atoms with van der Waals surface area (Å²) in [6, 6.07) is 5.65. The number of hydrogen-bond donors (Lipinski definition) is 1. The summed E-state index contributed by atoms with van der Waals surface area (Å²) in [5, 5.41) is 9.07. The zero-order valence-electron chi connectivity index (χ0n) is 12.6. The second kappa shape index (κ2) is 6.27. The molecule has 1 saturated heterocycles. The molecule has 1 aromatic rings. The van der Waals surface area contributed by atoms with Gasteiger partial charge in [-0.3, -0.25) is 0 Å². The Morgan fingerprint density at radius 3 is 2.50 bits per heavy atom. The summed E-state index contributed by atoms with van der Waals surface area (Å²) < 4.78 is 0. The van der Waals surface area contributed by atoms with E-state index in [1.807, 2.05) is 19.1 Å². The van der Waals surface area contributed by atoms with E-state index in [9.17, 15) is 4.79 Å². The zero-order chi connectivity index (χ0) is 14.7. The van der Waals surface area contributed by atoms with Crippen molar-refractivity contribution >= 4 is 11.7 Å². The number of aromatic carboxylic acids is 1. The molecule has 1 heterocycles. The third-order valence-corrected chi connectivity index (χ3v) is 4.04. The summed E-state index contributed by atoms with van der Waals surface area (Å²) in [6.45, 7) is 5.14. The van der Waals surface area contributed by atoms with Crippen molar-refractivity contribution in [3.8, 4) is 0 Å². The Labute approximate surface area is 121 Å². The molecule has 0 bridgehead atoms. The van der Waals surface area contributed by atoms with Crippen LogP contribution in [0, 0.1) is 12.8 Å². The van der Waals surface area contributed by atoms with Gasteiger partial charge in [0, 0.05) is 25.3 Å². The summed E-state index contributed by atoms with van der Waals surface area (Å²) in [5.74, 6) is -0.0700. The third kappa shape index (κ3) is 3.51. The van der Waals surface area contributed by atoms with Crippen LogP contribution in [-0.4, -0.2) is 49.7 Å². The fourth-order valence-electron chi connectivity index (χ4n) is 2.97. The van der Waals surface area contributed by atoms with Crippen LogP contribution in [0.4, 0.5) is 5.69 Å². The van der Waals surface area contributed by atoms with Crippen LogP contribution in [0.25, 0.3) is 0 Å². The molecule has 20 heavy (non-hydrogen) atoms. The molecule has 1 aliphatic rings. The number of aryl methyl sites for hydroxylation is 1. The maximum absolute atomic E-state index is 11.0. The van der Waals surface area contributed by atoms with Crippen LogP contribution in [0.1, 0.15) is 28.8 Å². The van der Waals surface area contributed by atoms with Gasteiger partial charge in [0.1, 0.15) is 0 Å². The largest absolute Gasteiger partial charge is 0.478 e. The van der Waals surface area contributed by atoms with Crippen LogP contribution in [0.3, 0.4) is 0 Å². The van der Waals surface area contributed by atoms with Crippen molar-refractivity contribution in [2.24, 2.45) is 5.92 Å².